The van der Waals surface area contributed by atoms with Crippen LogP contribution < -0.4 is 4.74 Å². The number of ether oxygens (including phenoxy) is 1. The summed E-state index contributed by atoms with van der Waals surface area (Å²) < 4.78 is 39.4. The van der Waals surface area contributed by atoms with Crippen LogP contribution in [0.5, 0.6) is 5.88 Å². The van der Waals surface area contributed by atoms with Crippen LogP contribution in [0.3, 0.4) is 0 Å². The van der Waals surface area contributed by atoms with E-state index in [4.69, 9.17) is 20.9 Å². The number of halogens is 3. The lowest BCUT2D eigenvalue weighted by molar-refractivity contribution is 0.117. The van der Waals surface area contributed by atoms with Crippen LogP contribution in [0.1, 0.15) is 38.6 Å². The zero-order valence-corrected chi connectivity index (χ0v) is 19.0. The third kappa shape index (κ3) is 4.45. The van der Waals surface area contributed by atoms with E-state index in [2.05, 4.69) is 20.1 Å². The molecule has 1 aromatic carbocycles. The smallest absolute Gasteiger partial charge is 0.295 e. The molecule has 0 amide bonds. The highest BCUT2D eigenvalue weighted by Crippen LogP contribution is 2.32. The molecule has 3 atom stereocenters. The Kier molecular flexibility index (Phi) is 6.13. The highest BCUT2D eigenvalue weighted by molar-refractivity contribution is 6.29. The Hall–Kier alpha value is -2.65. The van der Waals surface area contributed by atoms with Crippen LogP contribution in [0.15, 0.2) is 34.9 Å². The van der Waals surface area contributed by atoms with Crippen molar-refractivity contribution in [1.82, 2.24) is 25.0 Å². The first-order chi connectivity index (χ1) is 15.1. The van der Waals surface area contributed by atoms with Crippen LogP contribution >= 0.6 is 11.6 Å². The summed E-state index contributed by atoms with van der Waals surface area (Å²) in [5.41, 5.74) is -0.417. The quantitative estimate of drug-likeness (QED) is 0.499. The lowest BCUT2D eigenvalue weighted by Crippen LogP contribution is -2.38. The molecule has 2 aromatic heterocycles. The minimum absolute atomic E-state index is 0.0335. The Morgan fingerprint density at radius 1 is 1.25 bits per heavy atom. The summed E-state index contributed by atoms with van der Waals surface area (Å²) in [6.07, 6.45) is -0.811. The van der Waals surface area contributed by atoms with Crippen molar-refractivity contribution in [3.63, 3.8) is 0 Å². The highest BCUT2D eigenvalue weighted by atomic mass is 35.5. The molecule has 1 fully saturated rings. The number of likely N-dealkylation sites (tertiary alicyclic amines) is 1. The summed E-state index contributed by atoms with van der Waals surface area (Å²) in [5, 5.41) is 4.15. The monoisotopic (exact) mass is 463 g/mol. The molecule has 0 unspecified atom stereocenters. The number of benzene rings is 1. The van der Waals surface area contributed by atoms with Crippen LogP contribution in [0.2, 0.25) is 5.15 Å². The molecule has 0 spiro atoms. The Morgan fingerprint density at radius 3 is 2.69 bits per heavy atom. The van der Waals surface area contributed by atoms with Crippen molar-refractivity contribution in [3.8, 4) is 17.6 Å². The van der Waals surface area contributed by atoms with Gasteiger partial charge in [0.25, 0.3) is 5.89 Å². The minimum atomic E-state index is -0.879. The maximum absolute atomic E-state index is 14.3. The molecule has 3 heterocycles. The first kappa shape index (κ1) is 22.5. The van der Waals surface area contributed by atoms with E-state index < -0.39 is 11.6 Å². The van der Waals surface area contributed by atoms with E-state index in [0.717, 1.165) is 0 Å². The SMILES string of the molecule is C[C@H](Oc1cc(Cl)nc(-c2nc(C(C)(C)c3ccccc3F)no2)n1)[C@@H]1C[C@H](F)CN1C. The van der Waals surface area contributed by atoms with Gasteiger partial charge in [-0.05, 0) is 40.3 Å². The van der Waals surface area contributed by atoms with Crippen molar-refractivity contribution in [1.29, 1.82) is 0 Å². The second kappa shape index (κ2) is 8.71. The van der Waals surface area contributed by atoms with Crippen molar-refractivity contribution in [3.05, 3.63) is 52.7 Å². The molecule has 32 heavy (non-hydrogen) atoms. The van der Waals surface area contributed by atoms with Crippen LogP contribution in [0, 0.1) is 5.82 Å². The van der Waals surface area contributed by atoms with Gasteiger partial charge in [0.2, 0.25) is 11.7 Å². The average Bonchev–Trinajstić information content (AvgIpc) is 3.35. The van der Waals surface area contributed by atoms with Gasteiger partial charge in [0.1, 0.15) is 23.2 Å². The molecule has 0 N–H and O–H groups in total. The Bertz CT molecular complexity index is 1110. The predicted molar refractivity (Wildman–Crippen MR) is 115 cm³/mol. The van der Waals surface area contributed by atoms with E-state index >= 15 is 0 Å². The lowest BCUT2D eigenvalue weighted by atomic mass is 9.83. The van der Waals surface area contributed by atoms with Gasteiger partial charge in [-0.25, -0.2) is 13.8 Å². The third-order valence-corrected chi connectivity index (χ3v) is 5.99. The average molecular weight is 464 g/mol. The number of hydrogen-bond acceptors (Lipinski definition) is 7. The lowest BCUT2D eigenvalue weighted by Gasteiger charge is -2.25. The zero-order valence-electron chi connectivity index (χ0n) is 18.2. The van der Waals surface area contributed by atoms with Gasteiger partial charge in [0.15, 0.2) is 5.82 Å². The number of nitrogens with zero attached hydrogens (tertiary/aromatic N) is 5. The van der Waals surface area contributed by atoms with Gasteiger partial charge < -0.3 is 9.26 Å². The summed E-state index contributed by atoms with van der Waals surface area (Å²) in [5.74, 6) is 0.256. The topological polar surface area (TPSA) is 77.2 Å². The minimum Gasteiger partial charge on any atom is -0.473 e. The number of aromatic nitrogens is 4. The fourth-order valence-corrected chi connectivity index (χ4v) is 4.17. The number of hydrogen-bond donors (Lipinski definition) is 0. The number of likely N-dealkylation sites (N-methyl/N-ethyl adjacent to an activating group) is 1. The summed E-state index contributed by atoms with van der Waals surface area (Å²) in [6.45, 7) is 5.82. The van der Waals surface area contributed by atoms with E-state index in [0.29, 0.717) is 18.5 Å². The van der Waals surface area contributed by atoms with Gasteiger partial charge in [0, 0.05) is 24.2 Å². The fraction of sp³-hybridized carbons (Fsp3) is 0.455. The number of alkyl halides is 1. The standard InChI is InChI=1S/C22H24ClF2N5O2/c1-12(16-9-13(24)11-30(16)4)31-18-10-17(23)26-19(27-18)20-28-21(29-32-20)22(2,3)14-7-5-6-8-15(14)25/h5-8,10,12-13,16H,9,11H2,1-4H3/t12-,13-,16-/m0/s1. The molecular weight excluding hydrogens is 440 g/mol. The molecule has 7 nitrogen and oxygen atoms in total. The Morgan fingerprint density at radius 2 is 2.00 bits per heavy atom. The highest BCUT2D eigenvalue weighted by Gasteiger charge is 2.35. The second-order valence-electron chi connectivity index (χ2n) is 8.54. The summed E-state index contributed by atoms with van der Waals surface area (Å²) in [6, 6.07) is 7.82. The fourth-order valence-electron chi connectivity index (χ4n) is 3.99. The molecule has 1 saturated heterocycles. The first-order valence-corrected chi connectivity index (χ1v) is 10.7. The van der Waals surface area contributed by atoms with Gasteiger partial charge in [-0.3, -0.25) is 4.90 Å². The first-order valence-electron chi connectivity index (χ1n) is 10.3. The van der Waals surface area contributed by atoms with Crippen LogP contribution in [0.25, 0.3) is 11.7 Å². The molecule has 0 radical (unpaired) electrons. The van der Waals surface area contributed by atoms with Gasteiger partial charge in [-0.1, -0.05) is 35.0 Å². The van der Waals surface area contributed by atoms with Crippen molar-refractivity contribution < 1.29 is 18.0 Å². The van der Waals surface area contributed by atoms with Gasteiger partial charge in [-0.2, -0.15) is 9.97 Å². The molecule has 1 aliphatic rings. The van der Waals surface area contributed by atoms with Crippen molar-refractivity contribution >= 4 is 11.6 Å². The summed E-state index contributed by atoms with van der Waals surface area (Å²) in [7, 11) is 1.86. The zero-order chi connectivity index (χ0) is 23.0. The molecule has 10 heteroatoms. The van der Waals surface area contributed by atoms with Gasteiger partial charge >= 0.3 is 0 Å². The van der Waals surface area contributed by atoms with E-state index in [1.165, 1.54) is 12.1 Å². The van der Waals surface area contributed by atoms with E-state index in [1.54, 1.807) is 32.0 Å². The molecule has 170 valence electrons. The summed E-state index contributed by atoms with van der Waals surface area (Å²) in [4.78, 5) is 14.8. The molecule has 0 saturated carbocycles. The third-order valence-electron chi connectivity index (χ3n) is 5.79. The second-order valence-corrected chi connectivity index (χ2v) is 8.93. The van der Waals surface area contributed by atoms with Crippen molar-refractivity contribution in [2.75, 3.05) is 13.6 Å². The van der Waals surface area contributed by atoms with E-state index in [9.17, 15) is 8.78 Å². The molecular formula is C22H24ClF2N5O2. The largest absolute Gasteiger partial charge is 0.473 e. The molecule has 0 aliphatic carbocycles. The van der Waals surface area contributed by atoms with Gasteiger partial charge in [-0.15, -0.1) is 0 Å². The van der Waals surface area contributed by atoms with E-state index in [-0.39, 0.29) is 46.5 Å². The normalized spacial score (nSPS) is 20.5. The van der Waals surface area contributed by atoms with Crippen LogP contribution in [0.4, 0.5) is 8.78 Å². The predicted octanol–water partition coefficient (Wildman–Crippen LogP) is 4.45. The van der Waals surface area contributed by atoms with Crippen LogP contribution in [-0.2, 0) is 5.41 Å². The Balaban J connectivity index is 1.58. The molecule has 0 bridgehead atoms. The number of rotatable bonds is 6. The van der Waals surface area contributed by atoms with Crippen molar-refractivity contribution in [2.45, 2.75) is 50.9 Å². The summed E-state index contributed by atoms with van der Waals surface area (Å²) >= 11 is 6.17. The maximum atomic E-state index is 14.3. The molecule has 3 aromatic rings. The molecule has 1 aliphatic heterocycles. The van der Waals surface area contributed by atoms with Gasteiger partial charge in [0.05, 0.1) is 5.41 Å². The molecule has 4 rings (SSSR count). The maximum Gasteiger partial charge on any atom is 0.295 e. The van der Waals surface area contributed by atoms with E-state index in [1.807, 2.05) is 18.9 Å². The Labute approximate surface area is 189 Å². The van der Waals surface area contributed by atoms with Crippen molar-refractivity contribution in [2.24, 2.45) is 0 Å². The van der Waals surface area contributed by atoms with Crippen LogP contribution in [-0.4, -0.2) is 56.9 Å².